The molecule has 2 atom stereocenters. The molecule has 20 heavy (non-hydrogen) atoms. The van der Waals surface area contributed by atoms with Crippen LogP contribution in [-0.2, 0) is 4.74 Å². The molecule has 0 aromatic heterocycles. The molecule has 1 aromatic rings. The third-order valence-electron chi connectivity index (χ3n) is 3.68. The Balaban J connectivity index is 2.96. The van der Waals surface area contributed by atoms with Gasteiger partial charge < -0.3 is 14.8 Å². The van der Waals surface area contributed by atoms with E-state index in [1.165, 1.54) is 11.1 Å². The van der Waals surface area contributed by atoms with Crippen molar-refractivity contribution in [2.24, 2.45) is 5.92 Å². The first-order valence-corrected chi connectivity index (χ1v) is 7.50. The molecule has 1 rings (SSSR count). The van der Waals surface area contributed by atoms with Crippen LogP contribution in [0, 0.1) is 12.8 Å². The van der Waals surface area contributed by atoms with E-state index < -0.39 is 0 Å². The summed E-state index contributed by atoms with van der Waals surface area (Å²) in [6.07, 6.45) is 2.16. The smallest absolute Gasteiger partial charge is 0.123 e. The van der Waals surface area contributed by atoms with Crippen LogP contribution in [0.1, 0.15) is 43.9 Å². The van der Waals surface area contributed by atoms with Crippen LogP contribution in [0.4, 0.5) is 0 Å². The largest absolute Gasteiger partial charge is 0.496 e. The second kappa shape index (κ2) is 8.98. The van der Waals surface area contributed by atoms with Crippen LogP contribution in [0.25, 0.3) is 0 Å². The molecule has 3 heteroatoms. The molecule has 0 saturated carbocycles. The first-order valence-electron chi connectivity index (χ1n) is 7.50. The molecular formula is C17H29NO2. The molecule has 0 saturated heterocycles. The lowest BCUT2D eigenvalue weighted by molar-refractivity contribution is 0.169. The van der Waals surface area contributed by atoms with Crippen molar-refractivity contribution in [3.8, 4) is 5.75 Å². The zero-order valence-corrected chi connectivity index (χ0v) is 13.5. The summed E-state index contributed by atoms with van der Waals surface area (Å²) in [6, 6.07) is 6.76. The van der Waals surface area contributed by atoms with Crippen molar-refractivity contribution in [3.63, 3.8) is 0 Å². The van der Waals surface area contributed by atoms with Crippen molar-refractivity contribution in [1.29, 1.82) is 0 Å². The Hall–Kier alpha value is -1.06. The average Bonchev–Trinajstić information content (AvgIpc) is 2.46. The lowest BCUT2D eigenvalue weighted by Crippen LogP contribution is -2.28. The highest BCUT2D eigenvalue weighted by atomic mass is 16.5. The number of benzene rings is 1. The Morgan fingerprint density at radius 1 is 1.25 bits per heavy atom. The van der Waals surface area contributed by atoms with E-state index in [1.807, 2.05) is 0 Å². The third kappa shape index (κ3) is 4.80. The molecule has 0 bridgehead atoms. The molecule has 0 aliphatic rings. The van der Waals surface area contributed by atoms with Crippen molar-refractivity contribution in [2.75, 3.05) is 27.4 Å². The highest BCUT2D eigenvalue weighted by Gasteiger charge is 2.21. The maximum atomic E-state index is 5.57. The highest BCUT2D eigenvalue weighted by molar-refractivity contribution is 5.39. The monoisotopic (exact) mass is 279 g/mol. The molecule has 0 heterocycles. The molecular weight excluding hydrogens is 250 g/mol. The Morgan fingerprint density at radius 2 is 2.00 bits per heavy atom. The number of ether oxygens (including phenoxy) is 2. The minimum absolute atomic E-state index is 0.306. The first-order chi connectivity index (χ1) is 9.63. The summed E-state index contributed by atoms with van der Waals surface area (Å²) < 4.78 is 10.8. The first kappa shape index (κ1) is 17.0. The van der Waals surface area contributed by atoms with Crippen LogP contribution in [0.5, 0.6) is 5.75 Å². The minimum Gasteiger partial charge on any atom is -0.496 e. The number of hydrogen-bond donors (Lipinski definition) is 1. The molecule has 3 nitrogen and oxygen atoms in total. The molecule has 1 aromatic carbocycles. The molecule has 2 unspecified atom stereocenters. The zero-order valence-electron chi connectivity index (χ0n) is 13.5. The van der Waals surface area contributed by atoms with Crippen LogP contribution in [0.3, 0.4) is 0 Å². The van der Waals surface area contributed by atoms with Gasteiger partial charge in [-0.3, -0.25) is 0 Å². The summed E-state index contributed by atoms with van der Waals surface area (Å²) >= 11 is 0. The van der Waals surface area contributed by atoms with E-state index in [0.29, 0.717) is 12.0 Å². The molecule has 0 aliphatic heterocycles. The fourth-order valence-electron chi connectivity index (χ4n) is 2.46. The van der Waals surface area contributed by atoms with E-state index >= 15 is 0 Å². The minimum atomic E-state index is 0.306. The molecule has 0 aliphatic carbocycles. The Labute approximate surface area is 123 Å². The third-order valence-corrected chi connectivity index (χ3v) is 3.68. The van der Waals surface area contributed by atoms with Gasteiger partial charge in [-0.25, -0.2) is 0 Å². The molecule has 0 fully saturated rings. The quantitative estimate of drug-likeness (QED) is 0.747. The lowest BCUT2D eigenvalue weighted by Gasteiger charge is -2.27. The van der Waals surface area contributed by atoms with Gasteiger partial charge in [-0.2, -0.15) is 0 Å². The number of aryl methyl sites for hydroxylation is 1. The molecule has 0 amide bonds. The number of rotatable bonds is 9. The molecule has 1 N–H and O–H groups in total. The molecule has 0 spiro atoms. The van der Waals surface area contributed by atoms with Gasteiger partial charge in [-0.1, -0.05) is 26.0 Å². The van der Waals surface area contributed by atoms with Gasteiger partial charge in [0.25, 0.3) is 0 Å². The maximum absolute atomic E-state index is 5.57. The van der Waals surface area contributed by atoms with E-state index in [1.54, 1.807) is 14.2 Å². The second-order valence-corrected chi connectivity index (χ2v) is 5.44. The predicted octanol–water partition coefficient (Wildman–Crippen LogP) is 3.72. The Morgan fingerprint density at radius 3 is 2.60 bits per heavy atom. The number of methoxy groups -OCH3 is 2. The van der Waals surface area contributed by atoms with Gasteiger partial charge in [-0.05, 0) is 43.9 Å². The van der Waals surface area contributed by atoms with Gasteiger partial charge >= 0.3 is 0 Å². The van der Waals surface area contributed by atoms with E-state index in [2.05, 4.69) is 44.3 Å². The van der Waals surface area contributed by atoms with Crippen LogP contribution in [0.15, 0.2) is 18.2 Å². The predicted molar refractivity (Wildman–Crippen MR) is 84.4 cm³/mol. The normalized spacial score (nSPS) is 14.1. The van der Waals surface area contributed by atoms with Crippen molar-refractivity contribution in [2.45, 2.75) is 39.7 Å². The molecule has 114 valence electrons. The molecule has 0 radical (unpaired) electrons. The van der Waals surface area contributed by atoms with Crippen molar-refractivity contribution < 1.29 is 9.47 Å². The Kier molecular flexibility index (Phi) is 7.63. The van der Waals surface area contributed by atoms with Crippen molar-refractivity contribution in [1.82, 2.24) is 5.32 Å². The van der Waals surface area contributed by atoms with Gasteiger partial charge in [0.1, 0.15) is 5.75 Å². The number of nitrogens with one attached hydrogen (secondary N) is 1. The van der Waals surface area contributed by atoms with Gasteiger partial charge in [0.2, 0.25) is 0 Å². The van der Waals surface area contributed by atoms with Gasteiger partial charge in [0.05, 0.1) is 7.11 Å². The summed E-state index contributed by atoms with van der Waals surface area (Å²) in [5.74, 6) is 1.47. The van der Waals surface area contributed by atoms with Crippen LogP contribution >= 0.6 is 0 Å². The van der Waals surface area contributed by atoms with Gasteiger partial charge in [0.15, 0.2) is 0 Å². The van der Waals surface area contributed by atoms with E-state index in [-0.39, 0.29) is 0 Å². The SMILES string of the molecule is CCCNC(c1ccc(C)cc1OC)C(C)CCOC. The van der Waals surface area contributed by atoms with E-state index in [0.717, 1.165) is 31.7 Å². The van der Waals surface area contributed by atoms with Crippen LogP contribution < -0.4 is 10.1 Å². The number of hydrogen-bond acceptors (Lipinski definition) is 3. The summed E-state index contributed by atoms with van der Waals surface area (Å²) in [7, 11) is 3.50. The van der Waals surface area contributed by atoms with Gasteiger partial charge in [-0.15, -0.1) is 0 Å². The summed E-state index contributed by atoms with van der Waals surface area (Å²) in [4.78, 5) is 0. The maximum Gasteiger partial charge on any atom is 0.123 e. The topological polar surface area (TPSA) is 30.5 Å². The summed E-state index contributed by atoms with van der Waals surface area (Å²) in [5.41, 5.74) is 2.47. The fraction of sp³-hybridized carbons (Fsp3) is 0.647. The van der Waals surface area contributed by atoms with Crippen molar-refractivity contribution >= 4 is 0 Å². The summed E-state index contributed by atoms with van der Waals surface area (Å²) in [5, 5.41) is 3.65. The Bertz CT molecular complexity index is 393. The average molecular weight is 279 g/mol. The van der Waals surface area contributed by atoms with Crippen LogP contribution in [-0.4, -0.2) is 27.4 Å². The van der Waals surface area contributed by atoms with Gasteiger partial charge in [0, 0.05) is 25.3 Å². The van der Waals surface area contributed by atoms with E-state index in [9.17, 15) is 0 Å². The lowest BCUT2D eigenvalue weighted by atomic mass is 9.90. The van der Waals surface area contributed by atoms with Crippen LogP contribution in [0.2, 0.25) is 0 Å². The fourth-order valence-corrected chi connectivity index (χ4v) is 2.46. The summed E-state index contributed by atoms with van der Waals surface area (Å²) in [6.45, 7) is 8.36. The van der Waals surface area contributed by atoms with Crippen molar-refractivity contribution in [3.05, 3.63) is 29.3 Å². The standard InChI is InChI=1S/C17H29NO2/c1-6-10-18-17(14(3)9-11-19-4)15-8-7-13(2)12-16(15)20-5/h7-8,12,14,17-18H,6,9-11H2,1-5H3. The highest BCUT2D eigenvalue weighted by Crippen LogP contribution is 2.32. The second-order valence-electron chi connectivity index (χ2n) is 5.44. The van der Waals surface area contributed by atoms with E-state index in [4.69, 9.17) is 9.47 Å². The zero-order chi connectivity index (χ0) is 15.0.